The number of rotatable bonds is 5. The second kappa shape index (κ2) is 4.56. The highest BCUT2D eigenvalue weighted by atomic mass is 16.5. The monoisotopic (exact) mass is 186 g/mol. The van der Waals surface area contributed by atoms with Crippen molar-refractivity contribution in [3.8, 4) is 0 Å². The molecule has 0 aromatic carbocycles. The Hall–Kier alpha value is -1.43. The van der Waals surface area contributed by atoms with E-state index in [0.29, 0.717) is 18.9 Å². The molecule has 0 aliphatic heterocycles. The lowest BCUT2D eigenvalue weighted by atomic mass is 10.3. The van der Waals surface area contributed by atoms with E-state index in [1.165, 1.54) is 0 Å². The van der Waals surface area contributed by atoms with Crippen LogP contribution < -0.4 is 0 Å². The summed E-state index contributed by atoms with van der Waals surface area (Å²) in [6, 6.07) is 0. The molecule has 0 atom stereocenters. The molecule has 1 rings (SSSR count). The van der Waals surface area contributed by atoms with Gasteiger partial charge in [-0.15, -0.1) is 0 Å². The van der Waals surface area contributed by atoms with Crippen molar-refractivity contribution >= 4 is 5.97 Å². The number of aromatic nitrogens is 2. The van der Waals surface area contributed by atoms with E-state index >= 15 is 0 Å². The van der Waals surface area contributed by atoms with Gasteiger partial charge in [-0.3, -0.25) is 0 Å². The maximum absolute atomic E-state index is 10.3. The summed E-state index contributed by atoms with van der Waals surface area (Å²) >= 11 is 0. The molecule has 1 aromatic heterocycles. The molecule has 0 aliphatic carbocycles. The molecular weight excluding hydrogens is 176 g/mol. The van der Waals surface area contributed by atoms with Gasteiger partial charge in [-0.1, -0.05) is 5.16 Å². The van der Waals surface area contributed by atoms with Crippen molar-refractivity contribution in [3.05, 3.63) is 11.7 Å². The molecule has 6 heteroatoms. The second-order valence-corrected chi connectivity index (χ2v) is 2.42. The lowest BCUT2D eigenvalue weighted by molar-refractivity contribution is 0.0643. The number of ether oxygens (including phenoxy) is 1. The number of carbonyl (C=O) groups is 1. The lowest BCUT2D eigenvalue weighted by Crippen LogP contribution is -1.98. The van der Waals surface area contributed by atoms with Crippen LogP contribution in [0, 0.1) is 0 Å². The maximum atomic E-state index is 10.3. The Morgan fingerprint density at radius 2 is 2.46 bits per heavy atom. The number of methoxy groups -OCH3 is 1. The largest absolute Gasteiger partial charge is 0.474 e. The first-order chi connectivity index (χ1) is 6.24. The van der Waals surface area contributed by atoms with Gasteiger partial charge in [-0.05, 0) is 6.42 Å². The molecule has 0 spiro atoms. The fourth-order valence-corrected chi connectivity index (χ4v) is 0.817. The molecule has 1 aromatic rings. The van der Waals surface area contributed by atoms with Crippen LogP contribution in [-0.2, 0) is 11.2 Å². The smallest absolute Gasteiger partial charge is 0.394 e. The summed E-state index contributed by atoms with van der Waals surface area (Å²) in [6.45, 7) is 0.594. The summed E-state index contributed by atoms with van der Waals surface area (Å²) in [5, 5.41) is 11.9. The average Bonchev–Trinajstić information content (AvgIpc) is 2.53. The van der Waals surface area contributed by atoms with Gasteiger partial charge in [0.05, 0.1) is 0 Å². The van der Waals surface area contributed by atoms with Gasteiger partial charge >= 0.3 is 11.9 Å². The van der Waals surface area contributed by atoms with Crippen LogP contribution in [-0.4, -0.2) is 34.9 Å². The number of hydrogen-bond acceptors (Lipinski definition) is 5. The Labute approximate surface area is 74.5 Å². The van der Waals surface area contributed by atoms with Gasteiger partial charge in [0.15, 0.2) is 5.82 Å². The molecular formula is C7H10N2O4. The molecule has 13 heavy (non-hydrogen) atoms. The minimum Gasteiger partial charge on any atom is -0.474 e. The molecule has 1 N–H and O–H groups in total. The molecule has 0 saturated heterocycles. The molecule has 0 radical (unpaired) electrons. The van der Waals surface area contributed by atoms with Crippen molar-refractivity contribution in [2.45, 2.75) is 12.8 Å². The summed E-state index contributed by atoms with van der Waals surface area (Å²) in [5.74, 6) is -1.17. The number of nitrogens with zero attached hydrogens (tertiary/aromatic N) is 2. The van der Waals surface area contributed by atoms with Crippen molar-refractivity contribution in [2.75, 3.05) is 13.7 Å². The summed E-state index contributed by atoms with van der Waals surface area (Å²) in [6.07, 6.45) is 1.31. The molecule has 6 nitrogen and oxygen atoms in total. The molecule has 0 aliphatic rings. The predicted octanol–water partition coefficient (Wildman–Crippen LogP) is 0.347. The van der Waals surface area contributed by atoms with Crippen LogP contribution in [0.15, 0.2) is 4.52 Å². The highest BCUT2D eigenvalue weighted by Crippen LogP contribution is 2.00. The van der Waals surface area contributed by atoms with E-state index in [1.54, 1.807) is 7.11 Å². The standard InChI is InChI=1S/C7H10N2O4/c1-12-4-2-3-5-8-6(7(10)11)13-9-5/h2-4H2,1H3,(H,10,11). The van der Waals surface area contributed by atoms with Gasteiger partial charge in [-0.25, -0.2) is 4.79 Å². The van der Waals surface area contributed by atoms with Gasteiger partial charge in [0.1, 0.15) is 0 Å². The zero-order valence-electron chi connectivity index (χ0n) is 7.19. The Balaban J connectivity index is 2.44. The molecule has 0 saturated carbocycles. The van der Waals surface area contributed by atoms with Crippen LogP contribution in [0.1, 0.15) is 22.9 Å². The Kier molecular flexibility index (Phi) is 3.39. The average molecular weight is 186 g/mol. The van der Waals surface area contributed by atoms with Gasteiger partial charge in [0, 0.05) is 20.1 Å². The molecule has 0 fully saturated rings. The van der Waals surface area contributed by atoms with Crippen LogP contribution in [0.3, 0.4) is 0 Å². The fraction of sp³-hybridized carbons (Fsp3) is 0.571. The number of aromatic carboxylic acids is 1. The van der Waals surface area contributed by atoms with Crippen LogP contribution in [0.25, 0.3) is 0 Å². The Bertz CT molecular complexity index is 284. The fourth-order valence-electron chi connectivity index (χ4n) is 0.817. The van der Waals surface area contributed by atoms with Gasteiger partial charge in [0.25, 0.3) is 0 Å². The molecule has 72 valence electrons. The molecule has 1 heterocycles. The highest BCUT2D eigenvalue weighted by molar-refractivity contribution is 5.81. The highest BCUT2D eigenvalue weighted by Gasteiger charge is 2.12. The minimum absolute atomic E-state index is 0.368. The Morgan fingerprint density at radius 3 is 3.00 bits per heavy atom. The second-order valence-electron chi connectivity index (χ2n) is 2.42. The van der Waals surface area contributed by atoms with E-state index < -0.39 is 5.97 Å². The van der Waals surface area contributed by atoms with Crippen LogP contribution in [0.4, 0.5) is 0 Å². The summed E-state index contributed by atoms with van der Waals surface area (Å²) < 4.78 is 9.27. The third kappa shape index (κ3) is 2.83. The van der Waals surface area contributed by atoms with Crippen LogP contribution in [0.5, 0.6) is 0 Å². The quantitative estimate of drug-likeness (QED) is 0.667. The first-order valence-electron chi connectivity index (χ1n) is 3.79. The van der Waals surface area contributed by atoms with E-state index in [-0.39, 0.29) is 5.89 Å². The number of aryl methyl sites for hydroxylation is 1. The van der Waals surface area contributed by atoms with E-state index in [2.05, 4.69) is 14.7 Å². The molecule has 0 unspecified atom stereocenters. The summed E-state index contributed by atoms with van der Waals surface area (Å²) in [4.78, 5) is 14.0. The first kappa shape index (κ1) is 9.66. The van der Waals surface area contributed by atoms with Crippen molar-refractivity contribution in [1.82, 2.24) is 10.1 Å². The third-order valence-corrected chi connectivity index (χ3v) is 1.40. The predicted molar refractivity (Wildman–Crippen MR) is 41.5 cm³/mol. The van der Waals surface area contributed by atoms with Gasteiger partial charge in [-0.2, -0.15) is 4.98 Å². The molecule has 0 amide bonds. The van der Waals surface area contributed by atoms with Crippen LogP contribution in [0.2, 0.25) is 0 Å². The van der Waals surface area contributed by atoms with Gasteiger partial charge < -0.3 is 14.4 Å². The van der Waals surface area contributed by atoms with Crippen molar-refractivity contribution < 1.29 is 19.2 Å². The number of carboxylic acid groups (broad SMARTS) is 1. The Morgan fingerprint density at radius 1 is 1.69 bits per heavy atom. The van der Waals surface area contributed by atoms with Crippen molar-refractivity contribution in [3.63, 3.8) is 0 Å². The first-order valence-corrected chi connectivity index (χ1v) is 3.79. The van der Waals surface area contributed by atoms with E-state index in [4.69, 9.17) is 9.84 Å². The minimum atomic E-state index is -1.20. The van der Waals surface area contributed by atoms with E-state index in [1.807, 2.05) is 0 Å². The topological polar surface area (TPSA) is 85.5 Å². The normalized spacial score (nSPS) is 10.2. The zero-order valence-corrected chi connectivity index (χ0v) is 7.19. The maximum Gasteiger partial charge on any atom is 0.394 e. The third-order valence-electron chi connectivity index (χ3n) is 1.40. The summed E-state index contributed by atoms with van der Waals surface area (Å²) in [7, 11) is 1.60. The SMILES string of the molecule is COCCCc1noc(C(=O)O)n1. The van der Waals surface area contributed by atoms with Crippen molar-refractivity contribution in [1.29, 1.82) is 0 Å². The number of carboxylic acids is 1. The van der Waals surface area contributed by atoms with Gasteiger partial charge in [0.2, 0.25) is 0 Å². The van der Waals surface area contributed by atoms with E-state index in [9.17, 15) is 4.79 Å². The lowest BCUT2D eigenvalue weighted by Gasteiger charge is -1.92. The zero-order chi connectivity index (χ0) is 9.68. The van der Waals surface area contributed by atoms with Crippen LogP contribution >= 0.6 is 0 Å². The number of hydrogen-bond donors (Lipinski definition) is 1. The van der Waals surface area contributed by atoms with Crippen molar-refractivity contribution in [2.24, 2.45) is 0 Å². The summed E-state index contributed by atoms with van der Waals surface area (Å²) in [5.41, 5.74) is 0. The molecule has 0 bridgehead atoms. The van der Waals surface area contributed by atoms with E-state index in [0.717, 1.165) is 6.42 Å².